The van der Waals surface area contributed by atoms with Crippen LogP contribution in [0, 0.1) is 7.14 Å². The van der Waals surface area contributed by atoms with E-state index in [9.17, 15) is 0 Å². The third kappa shape index (κ3) is 1.98. The highest BCUT2D eigenvalue weighted by Gasteiger charge is 1.97. The Balaban J connectivity index is 3.09. The Kier molecular flexibility index (Phi) is 3.22. The molecule has 10 heavy (non-hydrogen) atoms. The zero-order chi connectivity index (χ0) is 7.56. The molecule has 0 radical (unpaired) electrons. The molecular formula is C7H6I2O. The summed E-state index contributed by atoms with van der Waals surface area (Å²) in [6.45, 7) is 0. The number of benzene rings is 1. The quantitative estimate of drug-likeness (QED) is 0.700. The van der Waals surface area contributed by atoms with Gasteiger partial charge < -0.3 is 4.74 Å². The Hall–Kier alpha value is 0.480. The fourth-order valence-electron chi connectivity index (χ4n) is 0.634. The topological polar surface area (TPSA) is 9.23 Å². The van der Waals surface area contributed by atoms with Crippen molar-refractivity contribution >= 4 is 45.2 Å². The van der Waals surface area contributed by atoms with Gasteiger partial charge in [-0.3, -0.25) is 0 Å². The molecule has 0 bridgehead atoms. The van der Waals surface area contributed by atoms with Gasteiger partial charge in [0.05, 0.1) is 10.7 Å². The van der Waals surface area contributed by atoms with Crippen LogP contribution in [0.3, 0.4) is 0 Å². The van der Waals surface area contributed by atoms with E-state index in [0.29, 0.717) is 0 Å². The normalized spacial score (nSPS) is 9.50. The van der Waals surface area contributed by atoms with Crippen molar-refractivity contribution < 1.29 is 4.74 Å². The molecule has 0 saturated carbocycles. The van der Waals surface area contributed by atoms with Crippen molar-refractivity contribution in [1.29, 1.82) is 0 Å². The van der Waals surface area contributed by atoms with Crippen molar-refractivity contribution in [1.82, 2.24) is 0 Å². The summed E-state index contributed by atoms with van der Waals surface area (Å²) in [5.41, 5.74) is 0. The van der Waals surface area contributed by atoms with Crippen LogP contribution in [0.25, 0.3) is 0 Å². The van der Waals surface area contributed by atoms with Gasteiger partial charge in [-0.05, 0) is 63.4 Å². The number of hydrogen-bond acceptors (Lipinski definition) is 1. The molecular weight excluding hydrogens is 354 g/mol. The summed E-state index contributed by atoms with van der Waals surface area (Å²) in [6, 6.07) is 6.12. The van der Waals surface area contributed by atoms with Crippen LogP contribution in [0.4, 0.5) is 0 Å². The van der Waals surface area contributed by atoms with E-state index in [1.165, 1.54) is 3.57 Å². The van der Waals surface area contributed by atoms with E-state index in [1.54, 1.807) is 7.11 Å². The first-order valence-electron chi connectivity index (χ1n) is 2.73. The highest BCUT2D eigenvalue weighted by Crippen LogP contribution is 2.22. The molecule has 0 atom stereocenters. The second kappa shape index (κ2) is 3.75. The SMILES string of the molecule is COc1cc(I)ccc1I. The number of halogens is 2. The summed E-state index contributed by atoms with van der Waals surface area (Å²) < 4.78 is 7.47. The van der Waals surface area contributed by atoms with E-state index in [0.717, 1.165) is 9.32 Å². The fourth-order valence-corrected chi connectivity index (χ4v) is 1.65. The summed E-state index contributed by atoms with van der Waals surface area (Å²) >= 11 is 4.51. The number of methoxy groups -OCH3 is 1. The molecule has 0 unspecified atom stereocenters. The van der Waals surface area contributed by atoms with Gasteiger partial charge in [-0.15, -0.1) is 0 Å². The lowest BCUT2D eigenvalue weighted by molar-refractivity contribution is 0.411. The molecule has 1 nitrogen and oxygen atoms in total. The Morgan fingerprint density at radius 3 is 2.50 bits per heavy atom. The molecule has 54 valence electrons. The molecule has 1 aromatic rings. The van der Waals surface area contributed by atoms with E-state index < -0.39 is 0 Å². The number of ether oxygens (including phenoxy) is 1. The first-order valence-corrected chi connectivity index (χ1v) is 4.89. The Morgan fingerprint density at radius 1 is 1.30 bits per heavy atom. The maximum absolute atomic E-state index is 5.11. The largest absolute Gasteiger partial charge is 0.496 e. The fraction of sp³-hybridized carbons (Fsp3) is 0.143. The van der Waals surface area contributed by atoms with Gasteiger partial charge in [0, 0.05) is 3.57 Å². The van der Waals surface area contributed by atoms with Crippen LogP contribution in [0.5, 0.6) is 5.75 Å². The molecule has 0 heterocycles. The molecule has 0 aromatic heterocycles. The maximum atomic E-state index is 5.11. The van der Waals surface area contributed by atoms with Crippen LogP contribution in [0.15, 0.2) is 18.2 Å². The smallest absolute Gasteiger partial charge is 0.133 e. The third-order valence-corrected chi connectivity index (χ3v) is 2.68. The predicted octanol–water partition coefficient (Wildman–Crippen LogP) is 2.90. The van der Waals surface area contributed by atoms with E-state index in [-0.39, 0.29) is 0 Å². The Labute approximate surface area is 87.4 Å². The van der Waals surface area contributed by atoms with E-state index in [4.69, 9.17) is 4.74 Å². The van der Waals surface area contributed by atoms with Gasteiger partial charge in [-0.1, -0.05) is 0 Å². The Bertz CT molecular complexity index is 235. The van der Waals surface area contributed by atoms with Crippen molar-refractivity contribution in [2.45, 2.75) is 0 Å². The third-order valence-electron chi connectivity index (χ3n) is 1.11. The average molecular weight is 360 g/mol. The minimum Gasteiger partial charge on any atom is -0.496 e. The second-order valence-corrected chi connectivity index (χ2v) is 4.19. The first-order chi connectivity index (χ1) is 4.74. The van der Waals surface area contributed by atoms with Gasteiger partial charge in [0.2, 0.25) is 0 Å². The second-order valence-electron chi connectivity index (χ2n) is 1.78. The molecule has 0 N–H and O–H groups in total. The molecule has 0 aliphatic carbocycles. The highest BCUT2D eigenvalue weighted by molar-refractivity contribution is 14.1. The number of rotatable bonds is 1. The summed E-state index contributed by atoms with van der Waals surface area (Å²) in [5.74, 6) is 0.951. The average Bonchev–Trinajstić information content (AvgIpc) is 1.94. The molecule has 0 aliphatic rings. The molecule has 0 amide bonds. The molecule has 0 aliphatic heterocycles. The van der Waals surface area contributed by atoms with Gasteiger partial charge in [0.25, 0.3) is 0 Å². The predicted molar refractivity (Wildman–Crippen MR) is 58.4 cm³/mol. The molecule has 1 rings (SSSR count). The molecule has 0 fully saturated rings. The molecule has 0 spiro atoms. The van der Waals surface area contributed by atoms with E-state index in [2.05, 4.69) is 51.2 Å². The van der Waals surface area contributed by atoms with E-state index >= 15 is 0 Å². The van der Waals surface area contributed by atoms with Crippen LogP contribution < -0.4 is 4.74 Å². The molecule has 3 heteroatoms. The standard InChI is InChI=1S/C7H6I2O/c1-10-7-4-5(8)2-3-6(7)9/h2-4H,1H3. The lowest BCUT2D eigenvalue weighted by Gasteiger charge is -2.01. The summed E-state index contributed by atoms with van der Waals surface area (Å²) in [6.07, 6.45) is 0. The van der Waals surface area contributed by atoms with Gasteiger partial charge in [-0.2, -0.15) is 0 Å². The molecule has 1 aromatic carbocycles. The van der Waals surface area contributed by atoms with Crippen molar-refractivity contribution in [3.8, 4) is 5.75 Å². The monoisotopic (exact) mass is 360 g/mol. The number of hydrogen-bond donors (Lipinski definition) is 0. The zero-order valence-electron chi connectivity index (χ0n) is 5.40. The van der Waals surface area contributed by atoms with Crippen molar-refractivity contribution in [2.75, 3.05) is 7.11 Å². The molecule has 0 saturated heterocycles. The van der Waals surface area contributed by atoms with Crippen LogP contribution in [-0.2, 0) is 0 Å². The minimum atomic E-state index is 0.951. The van der Waals surface area contributed by atoms with Gasteiger partial charge in [0.1, 0.15) is 5.75 Å². The minimum absolute atomic E-state index is 0.951. The van der Waals surface area contributed by atoms with Crippen molar-refractivity contribution in [3.05, 3.63) is 25.3 Å². The summed E-state index contributed by atoms with van der Waals surface area (Å²) in [5, 5.41) is 0. The van der Waals surface area contributed by atoms with Crippen molar-refractivity contribution in [2.24, 2.45) is 0 Å². The van der Waals surface area contributed by atoms with Crippen LogP contribution in [0.1, 0.15) is 0 Å². The summed E-state index contributed by atoms with van der Waals surface area (Å²) in [4.78, 5) is 0. The van der Waals surface area contributed by atoms with Gasteiger partial charge >= 0.3 is 0 Å². The lowest BCUT2D eigenvalue weighted by atomic mass is 10.3. The van der Waals surface area contributed by atoms with Gasteiger partial charge in [-0.25, -0.2) is 0 Å². The van der Waals surface area contributed by atoms with Crippen LogP contribution in [-0.4, -0.2) is 7.11 Å². The van der Waals surface area contributed by atoms with Gasteiger partial charge in [0.15, 0.2) is 0 Å². The Morgan fingerprint density at radius 2 is 2.00 bits per heavy atom. The lowest BCUT2D eigenvalue weighted by Crippen LogP contribution is -1.86. The van der Waals surface area contributed by atoms with Crippen molar-refractivity contribution in [3.63, 3.8) is 0 Å². The van der Waals surface area contributed by atoms with E-state index in [1.807, 2.05) is 12.1 Å². The maximum Gasteiger partial charge on any atom is 0.133 e. The van der Waals surface area contributed by atoms with Crippen LogP contribution in [0.2, 0.25) is 0 Å². The summed E-state index contributed by atoms with van der Waals surface area (Å²) in [7, 11) is 1.69. The zero-order valence-corrected chi connectivity index (χ0v) is 9.71. The first kappa shape index (κ1) is 8.58. The highest BCUT2D eigenvalue weighted by atomic mass is 127. The van der Waals surface area contributed by atoms with Crippen LogP contribution >= 0.6 is 45.2 Å².